The molecule has 3 aromatic carbocycles. The predicted molar refractivity (Wildman–Crippen MR) is 169 cm³/mol. The number of amides is 1. The summed E-state index contributed by atoms with van der Waals surface area (Å²) in [5.74, 6) is -0.692. The van der Waals surface area contributed by atoms with Crippen LogP contribution in [0.1, 0.15) is 57.1 Å². The minimum Gasteiger partial charge on any atom is -0.492 e. The molecular weight excluding hydrogens is 597 g/mol. The third-order valence-electron chi connectivity index (χ3n) is 8.80. The number of ether oxygens (including phenoxy) is 1. The normalized spacial score (nSPS) is 21.2. The zero-order chi connectivity index (χ0) is 32.0. The molecule has 0 unspecified atom stereocenters. The Hall–Kier alpha value is -3.80. The summed E-state index contributed by atoms with van der Waals surface area (Å²) in [5, 5.41) is 12.3. The minimum atomic E-state index is -3.73. The van der Waals surface area contributed by atoms with Crippen molar-refractivity contribution in [3.63, 3.8) is 0 Å². The van der Waals surface area contributed by atoms with Gasteiger partial charge in [-0.3, -0.25) is 14.5 Å². The second-order valence-electron chi connectivity index (χ2n) is 11.9. The Morgan fingerprint density at radius 2 is 1.56 bits per heavy atom. The molecule has 9 nitrogen and oxygen atoms in total. The zero-order valence-electron chi connectivity index (χ0n) is 25.3. The number of carbonyl (C=O) groups is 2. The van der Waals surface area contributed by atoms with Gasteiger partial charge in [-0.1, -0.05) is 36.4 Å². The summed E-state index contributed by atoms with van der Waals surface area (Å²) in [6, 6.07) is 19.3. The van der Waals surface area contributed by atoms with Gasteiger partial charge in [0.1, 0.15) is 24.2 Å². The first-order chi connectivity index (χ1) is 21.6. The summed E-state index contributed by atoms with van der Waals surface area (Å²) in [4.78, 5) is 26.3. The molecule has 3 N–H and O–H groups in total. The van der Waals surface area contributed by atoms with Crippen molar-refractivity contribution >= 4 is 21.9 Å². The van der Waals surface area contributed by atoms with Gasteiger partial charge in [0.15, 0.2) is 0 Å². The van der Waals surface area contributed by atoms with Crippen molar-refractivity contribution in [2.45, 2.75) is 68.5 Å². The van der Waals surface area contributed by atoms with Crippen molar-refractivity contribution in [1.29, 1.82) is 0 Å². The van der Waals surface area contributed by atoms with E-state index in [9.17, 15) is 27.5 Å². The van der Waals surface area contributed by atoms with E-state index in [1.54, 1.807) is 36.4 Å². The van der Waals surface area contributed by atoms with E-state index >= 15 is 0 Å². The van der Waals surface area contributed by atoms with Gasteiger partial charge < -0.3 is 15.2 Å². The van der Waals surface area contributed by atoms with Gasteiger partial charge in [0, 0.05) is 18.5 Å². The number of benzene rings is 3. The molecule has 1 amide bonds. The number of likely N-dealkylation sites (tertiary alicyclic amines) is 1. The van der Waals surface area contributed by atoms with E-state index in [0.717, 1.165) is 29.7 Å². The van der Waals surface area contributed by atoms with E-state index in [4.69, 9.17) is 4.74 Å². The maximum atomic E-state index is 13.2. The quantitative estimate of drug-likeness (QED) is 0.251. The average molecular weight is 638 g/mol. The number of carboxylic acid groups (broad SMARTS) is 1. The van der Waals surface area contributed by atoms with Crippen LogP contribution >= 0.6 is 0 Å². The second kappa shape index (κ2) is 14.5. The van der Waals surface area contributed by atoms with Crippen molar-refractivity contribution < 1.29 is 32.2 Å². The number of halogens is 1. The summed E-state index contributed by atoms with van der Waals surface area (Å²) < 4.78 is 48.1. The molecule has 240 valence electrons. The Morgan fingerprint density at radius 1 is 0.933 bits per heavy atom. The lowest BCUT2D eigenvalue weighted by Crippen LogP contribution is -2.41. The van der Waals surface area contributed by atoms with E-state index in [1.807, 2.05) is 36.1 Å². The lowest BCUT2D eigenvalue weighted by molar-refractivity contribution is -0.142. The number of hydrogen-bond donors (Lipinski definition) is 3. The van der Waals surface area contributed by atoms with Gasteiger partial charge in [-0.05, 0) is 105 Å². The van der Waals surface area contributed by atoms with E-state index in [2.05, 4.69) is 10.0 Å². The molecule has 5 rings (SSSR count). The average Bonchev–Trinajstić information content (AvgIpc) is 3.51. The number of nitrogens with zero attached hydrogens (tertiary/aromatic N) is 1. The highest BCUT2D eigenvalue weighted by Crippen LogP contribution is 2.28. The molecular formula is C34H40FN3O6S. The highest BCUT2D eigenvalue weighted by atomic mass is 32.2. The third-order valence-corrected chi connectivity index (χ3v) is 10.3. The van der Waals surface area contributed by atoms with Crippen LogP contribution in [0.2, 0.25) is 0 Å². The van der Waals surface area contributed by atoms with Gasteiger partial charge >= 0.3 is 5.97 Å². The Balaban J connectivity index is 1.08. The predicted octanol–water partition coefficient (Wildman–Crippen LogP) is 5.14. The molecule has 0 spiro atoms. The van der Waals surface area contributed by atoms with Crippen LogP contribution in [0.25, 0.3) is 11.1 Å². The highest BCUT2D eigenvalue weighted by molar-refractivity contribution is 7.89. The van der Waals surface area contributed by atoms with Crippen LogP contribution in [0.15, 0.2) is 77.7 Å². The van der Waals surface area contributed by atoms with Crippen LogP contribution < -0.4 is 14.8 Å². The Morgan fingerprint density at radius 3 is 2.18 bits per heavy atom. The molecule has 3 aromatic rings. The largest absolute Gasteiger partial charge is 0.492 e. The van der Waals surface area contributed by atoms with Crippen molar-refractivity contribution in [3.05, 3.63) is 84.2 Å². The van der Waals surface area contributed by atoms with E-state index in [-0.39, 0.29) is 34.6 Å². The van der Waals surface area contributed by atoms with E-state index in [0.29, 0.717) is 51.0 Å². The molecule has 1 heterocycles. The zero-order valence-corrected chi connectivity index (χ0v) is 26.1. The highest BCUT2D eigenvalue weighted by Gasteiger charge is 2.31. The molecule has 1 aliphatic carbocycles. The van der Waals surface area contributed by atoms with Gasteiger partial charge in [0.25, 0.3) is 0 Å². The smallest absolute Gasteiger partial charge is 0.320 e. The van der Waals surface area contributed by atoms with Gasteiger partial charge in [-0.2, -0.15) is 0 Å². The molecule has 1 aliphatic heterocycles. The standard InChI is InChI=1S/C34H40FN3O6S/c1-23(24-4-12-28(35)13-5-24)36-33(39)27-6-14-29(15-7-27)37-45(42,43)31-18-10-26(11-19-31)25-8-16-30(17-9-25)44-22-21-38-20-2-3-32(38)34(40)41/h4-5,8-13,16-19,23,27,29,32,37H,2-3,6-7,14-15,20-22H2,1H3,(H,36,39)(H,40,41)/t23-,27-,29-,32+/m1/s1. The molecule has 11 heteroatoms. The first-order valence-corrected chi connectivity index (χ1v) is 17.0. The SMILES string of the molecule is C[C@@H](NC(=O)[C@H]1CC[C@H](NS(=O)(=O)c2ccc(-c3ccc(OCCN4CCC[C@H]4C(=O)O)cc3)cc2)CC1)c1ccc(F)cc1. The summed E-state index contributed by atoms with van der Waals surface area (Å²) in [7, 11) is -3.73. The number of nitrogens with one attached hydrogen (secondary N) is 2. The summed E-state index contributed by atoms with van der Waals surface area (Å²) in [6.07, 6.45) is 3.83. The lowest BCUT2D eigenvalue weighted by Gasteiger charge is -2.29. The summed E-state index contributed by atoms with van der Waals surface area (Å²) >= 11 is 0. The third kappa shape index (κ3) is 8.47. The second-order valence-corrected chi connectivity index (χ2v) is 13.6. The fraction of sp³-hybridized carbons (Fsp3) is 0.412. The van der Waals surface area contributed by atoms with Crippen LogP contribution in [0.4, 0.5) is 4.39 Å². The first-order valence-electron chi connectivity index (χ1n) is 15.5. The topological polar surface area (TPSA) is 125 Å². The molecule has 2 atom stereocenters. The number of carbonyl (C=O) groups excluding carboxylic acids is 1. The monoisotopic (exact) mass is 637 g/mol. The van der Waals surface area contributed by atoms with Crippen LogP contribution in [0.5, 0.6) is 5.75 Å². The van der Waals surface area contributed by atoms with Crippen LogP contribution in [0.3, 0.4) is 0 Å². The van der Waals surface area contributed by atoms with Crippen molar-refractivity contribution in [2.24, 2.45) is 5.92 Å². The fourth-order valence-corrected chi connectivity index (χ4v) is 7.46. The summed E-state index contributed by atoms with van der Waals surface area (Å²) in [6.45, 7) is 3.57. The van der Waals surface area contributed by atoms with E-state index in [1.165, 1.54) is 12.1 Å². The van der Waals surface area contributed by atoms with Crippen LogP contribution in [0, 0.1) is 11.7 Å². The van der Waals surface area contributed by atoms with Crippen LogP contribution in [-0.2, 0) is 19.6 Å². The Bertz CT molecular complexity index is 1560. The lowest BCUT2D eigenvalue weighted by atomic mass is 9.85. The Kier molecular flexibility index (Phi) is 10.5. The number of hydrogen-bond acceptors (Lipinski definition) is 6. The van der Waals surface area contributed by atoms with Crippen LogP contribution in [-0.4, -0.2) is 62.1 Å². The minimum absolute atomic E-state index is 0.0701. The molecule has 45 heavy (non-hydrogen) atoms. The molecule has 2 fully saturated rings. The van der Waals surface area contributed by atoms with E-state index < -0.39 is 22.0 Å². The molecule has 0 radical (unpaired) electrons. The molecule has 2 aliphatic rings. The summed E-state index contributed by atoms with van der Waals surface area (Å²) in [5.41, 5.74) is 2.60. The fourth-order valence-electron chi connectivity index (χ4n) is 6.15. The first kappa shape index (κ1) is 32.6. The van der Waals surface area contributed by atoms with Crippen molar-refractivity contribution in [3.8, 4) is 16.9 Å². The number of rotatable bonds is 12. The molecule has 1 saturated carbocycles. The Labute approximate surface area is 263 Å². The molecule has 0 aromatic heterocycles. The number of sulfonamides is 1. The van der Waals surface area contributed by atoms with Gasteiger partial charge in [0.2, 0.25) is 15.9 Å². The number of carboxylic acids is 1. The van der Waals surface area contributed by atoms with Crippen molar-refractivity contribution in [2.75, 3.05) is 19.7 Å². The van der Waals surface area contributed by atoms with Gasteiger partial charge in [-0.25, -0.2) is 17.5 Å². The van der Waals surface area contributed by atoms with Crippen molar-refractivity contribution in [1.82, 2.24) is 14.9 Å². The molecule has 1 saturated heterocycles. The molecule has 0 bridgehead atoms. The maximum Gasteiger partial charge on any atom is 0.320 e. The van der Waals surface area contributed by atoms with Gasteiger partial charge in [-0.15, -0.1) is 0 Å². The maximum absolute atomic E-state index is 13.2. The number of aliphatic carboxylic acids is 1. The van der Waals surface area contributed by atoms with Gasteiger partial charge in [0.05, 0.1) is 10.9 Å².